The minimum atomic E-state index is -0.127. The van der Waals surface area contributed by atoms with Gasteiger partial charge in [0.2, 0.25) is 5.91 Å². The van der Waals surface area contributed by atoms with Gasteiger partial charge in [-0.25, -0.2) is 4.68 Å². The Morgan fingerprint density at radius 1 is 0.966 bits per heavy atom. The average Bonchev–Trinajstić information content (AvgIpc) is 3.38. The second kappa shape index (κ2) is 7.95. The zero-order valence-electron chi connectivity index (χ0n) is 16.7. The van der Waals surface area contributed by atoms with Gasteiger partial charge in [-0.1, -0.05) is 18.2 Å². The number of hydrogen-bond acceptors (Lipinski definition) is 4. The molecule has 2 aromatic heterocycles. The minimum absolute atomic E-state index is 0.0638. The summed E-state index contributed by atoms with van der Waals surface area (Å²) in [5, 5.41) is 4.62. The lowest BCUT2D eigenvalue weighted by molar-refractivity contribution is -0.131. The van der Waals surface area contributed by atoms with E-state index in [0.717, 1.165) is 22.6 Å². The molecular weight excluding hydrogens is 368 g/mol. The second-order valence-electron chi connectivity index (χ2n) is 7.22. The van der Waals surface area contributed by atoms with E-state index in [2.05, 4.69) is 5.10 Å². The average molecular weight is 392 g/mol. The monoisotopic (exact) mass is 392 g/mol. The highest BCUT2D eigenvalue weighted by Crippen LogP contribution is 2.19. The molecule has 3 heterocycles. The van der Waals surface area contributed by atoms with Crippen LogP contribution in [0.5, 0.6) is 0 Å². The normalized spacial score (nSPS) is 14.3. The van der Waals surface area contributed by atoms with Crippen molar-refractivity contribution in [2.45, 2.75) is 20.3 Å². The summed E-state index contributed by atoms with van der Waals surface area (Å²) in [6.45, 7) is 6.00. The molecule has 150 valence electrons. The maximum Gasteiger partial charge on any atom is 0.289 e. The third-order valence-corrected chi connectivity index (χ3v) is 5.42. The molecule has 3 aromatic rings. The molecule has 0 saturated carbocycles. The molecule has 4 rings (SSSR count). The number of aromatic nitrogens is 2. The third kappa shape index (κ3) is 3.81. The smallest absolute Gasteiger partial charge is 0.289 e. The van der Waals surface area contributed by atoms with Gasteiger partial charge in [0.25, 0.3) is 5.91 Å². The van der Waals surface area contributed by atoms with Crippen LogP contribution >= 0.6 is 0 Å². The van der Waals surface area contributed by atoms with Crippen LogP contribution in [0.2, 0.25) is 0 Å². The van der Waals surface area contributed by atoms with Gasteiger partial charge in [-0.15, -0.1) is 0 Å². The fraction of sp³-hybridized carbons (Fsp3) is 0.318. The van der Waals surface area contributed by atoms with Crippen LogP contribution in [0.25, 0.3) is 5.69 Å². The number of aryl methyl sites for hydroxylation is 1. The Kier molecular flexibility index (Phi) is 5.20. The van der Waals surface area contributed by atoms with Gasteiger partial charge in [0.05, 0.1) is 24.1 Å². The molecule has 1 aromatic carbocycles. The van der Waals surface area contributed by atoms with Crippen molar-refractivity contribution in [3.63, 3.8) is 0 Å². The van der Waals surface area contributed by atoms with Gasteiger partial charge < -0.3 is 14.2 Å². The van der Waals surface area contributed by atoms with E-state index in [0.29, 0.717) is 38.4 Å². The Morgan fingerprint density at radius 2 is 1.66 bits per heavy atom. The molecule has 1 aliphatic heterocycles. The van der Waals surface area contributed by atoms with Crippen molar-refractivity contribution in [2.24, 2.45) is 0 Å². The third-order valence-electron chi connectivity index (χ3n) is 5.42. The number of nitrogens with zero attached hydrogens (tertiary/aromatic N) is 4. The van der Waals surface area contributed by atoms with E-state index in [1.54, 1.807) is 17.0 Å². The number of piperazine rings is 1. The highest BCUT2D eigenvalue weighted by molar-refractivity contribution is 5.91. The fourth-order valence-electron chi connectivity index (χ4n) is 3.73. The van der Waals surface area contributed by atoms with Crippen molar-refractivity contribution in [3.05, 3.63) is 71.4 Å². The number of rotatable bonds is 4. The number of furan rings is 1. The summed E-state index contributed by atoms with van der Waals surface area (Å²) in [5.41, 5.74) is 3.80. The number of para-hydroxylation sites is 1. The summed E-state index contributed by atoms with van der Waals surface area (Å²) < 4.78 is 7.07. The number of carbonyl (C=O) groups is 2. The summed E-state index contributed by atoms with van der Waals surface area (Å²) in [5.74, 6) is 0.274. The van der Waals surface area contributed by atoms with Crippen LogP contribution in [0.15, 0.2) is 53.1 Å². The number of amides is 2. The van der Waals surface area contributed by atoms with Crippen molar-refractivity contribution in [3.8, 4) is 5.69 Å². The van der Waals surface area contributed by atoms with Gasteiger partial charge in [0.1, 0.15) is 0 Å². The van der Waals surface area contributed by atoms with E-state index >= 15 is 0 Å². The van der Waals surface area contributed by atoms with Crippen LogP contribution in [-0.4, -0.2) is 57.6 Å². The molecule has 2 amide bonds. The lowest BCUT2D eigenvalue weighted by Crippen LogP contribution is -2.51. The lowest BCUT2D eigenvalue weighted by Gasteiger charge is -2.34. The van der Waals surface area contributed by atoms with Crippen LogP contribution in [-0.2, 0) is 11.2 Å². The zero-order chi connectivity index (χ0) is 20.4. The van der Waals surface area contributed by atoms with E-state index in [-0.39, 0.29) is 11.8 Å². The first-order chi connectivity index (χ1) is 14.0. The first-order valence-corrected chi connectivity index (χ1v) is 9.75. The van der Waals surface area contributed by atoms with Crippen molar-refractivity contribution in [2.75, 3.05) is 26.2 Å². The molecule has 0 bridgehead atoms. The SMILES string of the molecule is Cc1nn(-c2ccccc2)c(C)c1CC(=O)N1CCN(C(=O)c2ccco2)CC1. The molecule has 7 heteroatoms. The molecule has 0 spiro atoms. The van der Waals surface area contributed by atoms with Gasteiger partial charge in [-0.3, -0.25) is 9.59 Å². The summed E-state index contributed by atoms with van der Waals surface area (Å²) >= 11 is 0. The highest BCUT2D eigenvalue weighted by atomic mass is 16.3. The molecule has 1 fully saturated rings. The topological polar surface area (TPSA) is 71.6 Å². The number of carbonyl (C=O) groups excluding carboxylic acids is 2. The van der Waals surface area contributed by atoms with E-state index in [4.69, 9.17) is 4.42 Å². The molecule has 0 unspecified atom stereocenters. The van der Waals surface area contributed by atoms with Crippen LogP contribution in [0, 0.1) is 13.8 Å². The molecule has 1 aliphatic rings. The predicted octanol–water partition coefficient (Wildman–Crippen LogP) is 2.61. The standard InChI is InChI=1S/C22H24N4O3/c1-16-19(17(2)26(23-16)18-7-4-3-5-8-18)15-21(27)24-10-12-25(13-11-24)22(28)20-9-6-14-29-20/h3-9,14H,10-13,15H2,1-2H3. The first-order valence-electron chi connectivity index (χ1n) is 9.75. The van der Waals surface area contributed by atoms with E-state index in [9.17, 15) is 9.59 Å². The Bertz CT molecular complexity index is 1000. The Labute approximate surface area is 169 Å². The maximum absolute atomic E-state index is 12.9. The Balaban J connectivity index is 1.41. The maximum atomic E-state index is 12.9. The number of benzene rings is 1. The summed E-state index contributed by atoms with van der Waals surface area (Å²) in [7, 11) is 0. The summed E-state index contributed by atoms with van der Waals surface area (Å²) in [6, 6.07) is 13.3. The first kappa shape index (κ1) is 19.0. The molecular formula is C22H24N4O3. The zero-order valence-corrected chi connectivity index (χ0v) is 16.7. The summed E-state index contributed by atoms with van der Waals surface area (Å²) in [6.07, 6.45) is 1.81. The van der Waals surface area contributed by atoms with E-state index in [1.165, 1.54) is 6.26 Å². The van der Waals surface area contributed by atoms with E-state index in [1.807, 2.05) is 53.8 Å². The molecule has 7 nitrogen and oxygen atoms in total. The largest absolute Gasteiger partial charge is 0.459 e. The Hall–Kier alpha value is -3.35. The van der Waals surface area contributed by atoms with E-state index < -0.39 is 0 Å². The van der Waals surface area contributed by atoms with Crippen LogP contribution in [0.4, 0.5) is 0 Å². The number of hydrogen-bond donors (Lipinski definition) is 0. The minimum Gasteiger partial charge on any atom is -0.459 e. The molecule has 0 atom stereocenters. The lowest BCUT2D eigenvalue weighted by atomic mass is 10.1. The molecule has 0 radical (unpaired) electrons. The Morgan fingerprint density at radius 3 is 2.31 bits per heavy atom. The second-order valence-corrected chi connectivity index (χ2v) is 7.22. The molecule has 0 N–H and O–H groups in total. The van der Waals surface area contributed by atoms with Crippen LogP contribution < -0.4 is 0 Å². The van der Waals surface area contributed by atoms with Crippen molar-refractivity contribution in [1.82, 2.24) is 19.6 Å². The molecule has 29 heavy (non-hydrogen) atoms. The van der Waals surface area contributed by atoms with Gasteiger partial charge in [-0.2, -0.15) is 5.10 Å². The molecule has 0 aliphatic carbocycles. The quantitative estimate of drug-likeness (QED) is 0.684. The van der Waals surface area contributed by atoms with Gasteiger partial charge in [0, 0.05) is 37.4 Å². The van der Waals surface area contributed by atoms with Gasteiger partial charge >= 0.3 is 0 Å². The van der Waals surface area contributed by atoms with Crippen molar-refractivity contribution >= 4 is 11.8 Å². The predicted molar refractivity (Wildman–Crippen MR) is 108 cm³/mol. The van der Waals surface area contributed by atoms with Crippen LogP contribution in [0.3, 0.4) is 0 Å². The highest BCUT2D eigenvalue weighted by Gasteiger charge is 2.27. The fourth-order valence-corrected chi connectivity index (χ4v) is 3.73. The van der Waals surface area contributed by atoms with Gasteiger partial charge in [0.15, 0.2) is 5.76 Å². The summed E-state index contributed by atoms with van der Waals surface area (Å²) in [4.78, 5) is 28.8. The molecule has 1 saturated heterocycles. The van der Waals surface area contributed by atoms with Crippen molar-refractivity contribution in [1.29, 1.82) is 0 Å². The van der Waals surface area contributed by atoms with Gasteiger partial charge in [-0.05, 0) is 38.1 Å². The van der Waals surface area contributed by atoms with Crippen LogP contribution in [0.1, 0.15) is 27.5 Å². The van der Waals surface area contributed by atoms with Crippen molar-refractivity contribution < 1.29 is 14.0 Å².